The van der Waals surface area contributed by atoms with Gasteiger partial charge < -0.3 is 5.32 Å². The number of hydrogen-bond donors (Lipinski definition) is 1. The van der Waals surface area contributed by atoms with Crippen LogP contribution in [0.5, 0.6) is 0 Å². The van der Waals surface area contributed by atoms with Gasteiger partial charge in [0.25, 0.3) is 0 Å². The van der Waals surface area contributed by atoms with Crippen molar-refractivity contribution in [1.29, 1.82) is 5.26 Å². The van der Waals surface area contributed by atoms with Gasteiger partial charge in [0.1, 0.15) is 11.5 Å². The predicted octanol–water partition coefficient (Wildman–Crippen LogP) is 3.73. The summed E-state index contributed by atoms with van der Waals surface area (Å²) in [7, 11) is 0. The second-order valence-electron chi connectivity index (χ2n) is 7.41. The maximum absolute atomic E-state index is 13.9. The molecule has 0 radical (unpaired) electrons. The molecular weight excluding hydrogens is 381 g/mol. The van der Waals surface area contributed by atoms with Gasteiger partial charge in [-0.15, -0.1) is 5.10 Å². The van der Waals surface area contributed by atoms with Crippen LogP contribution in [0.15, 0.2) is 60.8 Å². The summed E-state index contributed by atoms with van der Waals surface area (Å²) in [6, 6.07) is 17.9. The topological polar surface area (TPSA) is 74.0 Å². The van der Waals surface area contributed by atoms with Crippen molar-refractivity contribution < 1.29 is 9.18 Å². The molecule has 0 atom stereocenters. The molecule has 30 heavy (non-hydrogen) atoms. The standard InChI is InChI=1S/C23H22FN5O/c24-20-7-3-4-8-21(20)29-14-11-22(27-29)26-23(30)17-9-12-28(13-10-17)16-19-6-2-1-5-18(19)15-25/h1-8,11,14,17H,9-10,12-13,16H2,(H,26,27,30). The quantitative estimate of drug-likeness (QED) is 0.704. The van der Waals surface area contributed by atoms with Gasteiger partial charge in [-0.25, -0.2) is 9.07 Å². The normalized spacial score (nSPS) is 14.9. The first-order chi connectivity index (χ1) is 14.6. The van der Waals surface area contributed by atoms with Crippen molar-refractivity contribution in [2.24, 2.45) is 5.92 Å². The maximum atomic E-state index is 13.9. The number of likely N-dealkylation sites (tertiary alicyclic amines) is 1. The lowest BCUT2D eigenvalue weighted by Crippen LogP contribution is -2.38. The van der Waals surface area contributed by atoms with E-state index in [9.17, 15) is 14.4 Å². The molecule has 1 aliphatic heterocycles. The number of halogens is 1. The fourth-order valence-corrected chi connectivity index (χ4v) is 3.75. The van der Waals surface area contributed by atoms with Crippen LogP contribution in [0.4, 0.5) is 10.2 Å². The highest BCUT2D eigenvalue weighted by Crippen LogP contribution is 2.22. The van der Waals surface area contributed by atoms with Gasteiger partial charge in [-0.2, -0.15) is 5.26 Å². The molecule has 1 saturated heterocycles. The molecule has 1 N–H and O–H groups in total. The monoisotopic (exact) mass is 403 g/mol. The average molecular weight is 403 g/mol. The highest BCUT2D eigenvalue weighted by Gasteiger charge is 2.26. The van der Waals surface area contributed by atoms with Crippen LogP contribution in [-0.4, -0.2) is 33.7 Å². The van der Waals surface area contributed by atoms with Crippen LogP contribution >= 0.6 is 0 Å². The van der Waals surface area contributed by atoms with Crippen molar-refractivity contribution in [3.8, 4) is 11.8 Å². The molecule has 4 rings (SSSR count). The molecule has 0 spiro atoms. The number of rotatable bonds is 5. The smallest absolute Gasteiger partial charge is 0.228 e. The van der Waals surface area contributed by atoms with Gasteiger partial charge in [-0.05, 0) is 49.7 Å². The number of aromatic nitrogens is 2. The number of para-hydroxylation sites is 1. The fourth-order valence-electron chi connectivity index (χ4n) is 3.75. The minimum absolute atomic E-state index is 0.0640. The zero-order valence-corrected chi connectivity index (χ0v) is 16.5. The van der Waals surface area contributed by atoms with E-state index in [0.717, 1.165) is 31.5 Å². The Bertz CT molecular complexity index is 1080. The van der Waals surface area contributed by atoms with Crippen LogP contribution in [0.2, 0.25) is 0 Å². The van der Waals surface area contributed by atoms with E-state index in [1.165, 1.54) is 10.7 Å². The summed E-state index contributed by atoms with van der Waals surface area (Å²) in [4.78, 5) is 14.9. The van der Waals surface area contributed by atoms with E-state index >= 15 is 0 Å². The molecule has 0 unspecified atom stereocenters. The molecule has 2 heterocycles. The summed E-state index contributed by atoms with van der Waals surface area (Å²) in [6.07, 6.45) is 3.12. The Morgan fingerprint density at radius 2 is 1.87 bits per heavy atom. The molecule has 152 valence electrons. The van der Waals surface area contributed by atoms with Gasteiger partial charge in [-0.1, -0.05) is 30.3 Å². The fraction of sp³-hybridized carbons (Fsp3) is 0.261. The molecule has 1 fully saturated rings. The van der Waals surface area contributed by atoms with Crippen LogP contribution in [0.3, 0.4) is 0 Å². The van der Waals surface area contributed by atoms with Crippen molar-refractivity contribution in [2.75, 3.05) is 18.4 Å². The predicted molar refractivity (Wildman–Crippen MR) is 111 cm³/mol. The number of carbonyl (C=O) groups excluding carboxylic acids is 1. The van der Waals surface area contributed by atoms with Crippen LogP contribution in [0.1, 0.15) is 24.0 Å². The first kappa shape index (κ1) is 19.8. The molecule has 7 heteroatoms. The molecule has 6 nitrogen and oxygen atoms in total. The SMILES string of the molecule is N#Cc1ccccc1CN1CCC(C(=O)Nc2ccn(-c3ccccc3F)n2)CC1. The second-order valence-corrected chi connectivity index (χ2v) is 7.41. The lowest BCUT2D eigenvalue weighted by molar-refractivity contribution is -0.121. The molecule has 0 aliphatic carbocycles. The molecule has 0 saturated carbocycles. The maximum Gasteiger partial charge on any atom is 0.228 e. The van der Waals surface area contributed by atoms with Crippen molar-refractivity contribution in [3.63, 3.8) is 0 Å². The number of nitrogens with one attached hydrogen (secondary N) is 1. The van der Waals surface area contributed by atoms with Gasteiger partial charge in [0.2, 0.25) is 5.91 Å². The average Bonchev–Trinajstić information content (AvgIpc) is 3.23. The summed E-state index contributed by atoms with van der Waals surface area (Å²) in [6.45, 7) is 2.30. The van der Waals surface area contributed by atoms with Crippen molar-refractivity contribution in [3.05, 3.63) is 77.7 Å². The van der Waals surface area contributed by atoms with Crippen LogP contribution in [0.25, 0.3) is 5.69 Å². The van der Waals surface area contributed by atoms with Gasteiger partial charge in [-0.3, -0.25) is 9.69 Å². The van der Waals surface area contributed by atoms with E-state index in [1.807, 2.05) is 24.3 Å². The molecule has 0 bridgehead atoms. The third-order valence-corrected chi connectivity index (χ3v) is 5.43. The number of nitrogens with zero attached hydrogens (tertiary/aromatic N) is 4. The summed E-state index contributed by atoms with van der Waals surface area (Å²) in [5.74, 6) is -0.116. The van der Waals surface area contributed by atoms with E-state index in [-0.39, 0.29) is 17.6 Å². The minimum Gasteiger partial charge on any atom is -0.309 e. The molecule has 2 aromatic carbocycles. The second kappa shape index (κ2) is 8.89. The number of piperidine rings is 1. The van der Waals surface area contributed by atoms with E-state index < -0.39 is 0 Å². The Kier molecular flexibility index (Phi) is 5.87. The molecule has 1 amide bonds. The first-order valence-electron chi connectivity index (χ1n) is 9.96. The summed E-state index contributed by atoms with van der Waals surface area (Å²) in [5, 5.41) is 16.4. The lowest BCUT2D eigenvalue weighted by atomic mass is 9.95. The third kappa shape index (κ3) is 4.39. The zero-order chi connectivity index (χ0) is 20.9. The summed E-state index contributed by atoms with van der Waals surface area (Å²) in [5.41, 5.74) is 2.05. The summed E-state index contributed by atoms with van der Waals surface area (Å²) < 4.78 is 15.3. The number of anilines is 1. The third-order valence-electron chi connectivity index (χ3n) is 5.43. The lowest BCUT2D eigenvalue weighted by Gasteiger charge is -2.31. The number of nitriles is 1. The molecule has 1 aromatic heterocycles. The Hall–Kier alpha value is -3.50. The van der Waals surface area contributed by atoms with Crippen molar-refractivity contribution >= 4 is 11.7 Å². The summed E-state index contributed by atoms with van der Waals surface area (Å²) >= 11 is 0. The first-order valence-corrected chi connectivity index (χ1v) is 9.96. The Balaban J connectivity index is 1.32. The number of amides is 1. The molecular formula is C23H22FN5O. The number of benzene rings is 2. The molecule has 3 aromatic rings. The zero-order valence-electron chi connectivity index (χ0n) is 16.5. The molecule has 1 aliphatic rings. The van der Waals surface area contributed by atoms with Crippen LogP contribution in [-0.2, 0) is 11.3 Å². The van der Waals surface area contributed by atoms with Crippen molar-refractivity contribution in [1.82, 2.24) is 14.7 Å². The van der Waals surface area contributed by atoms with E-state index in [1.54, 1.807) is 30.5 Å². The van der Waals surface area contributed by atoms with Gasteiger partial charge in [0, 0.05) is 24.7 Å². The van der Waals surface area contributed by atoms with Gasteiger partial charge in [0.15, 0.2) is 5.82 Å². The number of hydrogen-bond acceptors (Lipinski definition) is 4. The van der Waals surface area contributed by atoms with Crippen LogP contribution < -0.4 is 5.32 Å². The largest absolute Gasteiger partial charge is 0.309 e. The Morgan fingerprint density at radius 1 is 1.13 bits per heavy atom. The van der Waals surface area contributed by atoms with E-state index in [0.29, 0.717) is 23.6 Å². The van der Waals surface area contributed by atoms with Crippen molar-refractivity contribution in [2.45, 2.75) is 19.4 Å². The van der Waals surface area contributed by atoms with E-state index in [2.05, 4.69) is 21.4 Å². The van der Waals surface area contributed by atoms with Gasteiger partial charge >= 0.3 is 0 Å². The highest BCUT2D eigenvalue weighted by molar-refractivity contribution is 5.91. The van der Waals surface area contributed by atoms with Gasteiger partial charge in [0.05, 0.1) is 11.6 Å². The van der Waals surface area contributed by atoms with E-state index in [4.69, 9.17) is 0 Å². The highest BCUT2D eigenvalue weighted by atomic mass is 19.1. The van der Waals surface area contributed by atoms with Crippen LogP contribution in [0, 0.1) is 23.1 Å². The Labute approximate surface area is 174 Å². The Morgan fingerprint density at radius 3 is 2.63 bits per heavy atom. The number of carbonyl (C=O) groups is 1. The minimum atomic E-state index is -0.371.